The van der Waals surface area contributed by atoms with Gasteiger partial charge in [-0.05, 0) is 73.8 Å². The summed E-state index contributed by atoms with van der Waals surface area (Å²) in [5, 5.41) is 11.0. The van der Waals surface area contributed by atoms with Crippen molar-refractivity contribution >= 4 is 34.8 Å². The van der Waals surface area contributed by atoms with Crippen LogP contribution in [0.4, 0.5) is 0 Å². The molecule has 4 aliphatic rings. The standard InChI is InChI=1S/C35H39N3O4/c39-33(36-16-6-7-17-36)24-14-18-37(19-15-24)34(40)27-20-25-10-4-5-11-28(25)32-31(23-8-2-1-3-9-23)29-13-12-26(35(41)42)21-30(29)38(32)22-27/h4-5,10-13,20-21,23-24H,1-3,6-9,14-19,22H2,(H,41,42). The average molecular weight is 566 g/mol. The van der Waals surface area contributed by atoms with Gasteiger partial charge < -0.3 is 19.5 Å². The van der Waals surface area contributed by atoms with Crippen LogP contribution in [0.2, 0.25) is 0 Å². The number of amides is 2. The highest BCUT2D eigenvalue weighted by molar-refractivity contribution is 6.03. The number of fused-ring (bicyclic) bond motifs is 5. The summed E-state index contributed by atoms with van der Waals surface area (Å²) in [5.41, 5.74) is 6.41. The number of carboxylic acids is 1. The number of nitrogens with zero attached hydrogens (tertiary/aromatic N) is 3. The lowest BCUT2D eigenvalue weighted by molar-refractivity contribution is -0.138. The Labute approximate surface area is 246 Å². The highest BCUT2D eigenvalue weighted by atomic mass is 16.4. The van der Waals surface area contributed by atoms with Crippen molar-refractivity contribution in [2.45, 2.75) is 70.3 Å². The molecule has 4 heterocycles. The van der Waals surface area contributed by atoms with Gasteiger partial charge >= 0.3 is 5.97 Å². The minimum absolute atomic E-state index is 0.00322. The second kappa shape index (κ2) is 11.1. The number of aromatic nitrogens is 1. The van der Waals surface area contributed by atoms with Gasteiger partial charge in [0.1, 0.15) is 0 Å². The first kappa shape index (κ1) is 27.0. The molecule has 0 atom stereocenters. The summed E-state index contributed by atoms with van der Waals surface area (Å²) in [6.07, 6.45) is 11.5. The van der Waals surface area contributed by atoms with Crippen LogP contribution in [0.1, 0.15) is 85.2 Å². The zero-order valence-corrected chi connectivity index (χ0v) is 24.2. The third-order valence-corrected chi connectivity index (χ3v) is 10.1. The molecule has 2 amide bonds. The predicted octanol–water partition coefficient (Wildman–Crippen LogP) is 6.31. The number of aromatic carboxylic acids is 1. The molecule has 218 valence electrons. The van der Waals surface area contributed by atoms with Gasteiger partial charge in [-0.1, -0.05) is 49.6 Å². The zero-order valence-electron chi connectivity index (χ0n) is 24.2. The van der Waals surface area contributed by atoms with E-state index in [2.05, 4.69) is 22.8 Å². The van der Waals surface area contributed by atoms with E-state index in [4.69, 9.17) is 0 Å². The fourth-order valence-electron chi connectivity index (χ4n) is 7.87. The first-order chi connectivity index (χ1) is 20.5. The van der Waals surface area contributed by atoms with Crippen molar-refractivity contribution in [1.82, 2.24) is 14.4 Å². The Morgan fingerprint density at radius 1 is 0.786 bits per heavy atom. The fourth-order valence-corrected chi connectivity index (χ4v) is 7.87. The Balaban J connectivity index is 1.26. The molecule has 3 fully saturated rings. The van der Waals surface area contributed by atoms with Crippen molar-refractivity contribution in [3.05, 3.63) is 64.7 Å². The minimum Gasteiger partial charge on any atom is -0.478 e. The monoisotopic (exact) mass is 565 g/mol. The molecule has 7 heteroatoms. The number of benzene rings is 2. The van der Waals surface area contributed by atoms with Gasteiger partial charge in [0, 0.05) is 54.1 Å². The number of hydrogen-bond acceptors (Lipinski definition) is 3. The van der Waals surface area contributed by atoms with Crippen LogP contribution >= 0.6 is 0 Å². The summed E-state index contributed by atoms with van der Waals surface area (Å²) < 4.78 is 2.21. The van der Waals surface area contributed by atoms with E-state index in [9.17, 15) is 19.5 Å². The molecule has 1 N–H and O–H groups in total. The molecule has 2 saturated heterocycles. The predicted molar refractivity (Wildman–Crippen MR) is 163 cm³/mol. The molecule has 1 saturated carbocycles. The first-order valence-corrected chi connectivity index (χ1v) is 15.8. The largest absolute Gasteiger partial charge is 0.478 e. The van der Waals surface area contributed by atoms with Gasteiger partial charge in [-0.2, -0.15) is 0 Å². The Bertz CT molecular complexity index is 1580. The number of likely N-dealkylation sites (tertiary alicyclic amines) is 2. The van der Waals surface area contributed by atoms with Gasteiger partial charge in [-0.3, -0.25) is 9.59 Å². The van der Waals surface area contributed by atoms with E-state index < -0.39 is 5.97 Å². The number of carboxylic acid groups (broad SMARTS) is 1. The second-order valence-electron chi connectivity index (χ2n) is 12.6. The van der Waals surface area contributed by atoms with Crippen molar-refractivity contribution in [3.8, 4) is 11.3 Å². The molecule has 3 aliphatic heterocycles. The number of carbonyl (C=O) groups is 3. The third kappa shape index (κ3) is 4.73. The molecular weight excluding hydrogens is 526 g/mol. The molecule has 1 aliphatic carbocycles. The number of rotatable bonds is 4. The summed E-state index contributed by atoms with van der Waals surface area (Å²) in [6.45, 7) is 3.28. The van der Waals surface area contributed by atoms with Crippen LogP contribution in [0.25, 0.3) is 28.2 Å². The molecular formula is C35H39N3O4. The maximum Gasteiger partial charge on any atom is 0.335 e. The van der Waals surface area contributed by atoms with Crippen molar-refractivity contribution in [2.75, 3.05) is 26.2 Å². The van der Waals surface area contributed by atoms with Crippen LogP contribution in [0.3, 0.4) is 0 Å². The minimum atomic E-state index is -0.945. The van der Waals surface area contributed by atoms with Crippen molar-refractivity contribution in [2.24, 2.45) is 5.92 Å². The van der Waals surface area contributed by atoms with Gasteiger partial charge in [0.2, 0.25) is 5.91 Å². The zero-order chi connectivity index (χ0) is 28.8. The topological polar surface area (TPSA) is 82.8 Å². The first-order valence-electron chi connectivity index (χ1n) is 15.8. The van der Waals surface area contributed by atoms with Gasteiger partial charge in [-0.15, -0.1) is 0 Å². The van der Waals surface area contributed by atoms with Gasteiger partial charge in [0.25, 0.3) is 5.91 Å². The number of hydrogen-bond donors (Lipinski definition) is 1. The van der Waals surface area contributed by atoms with Crippen LogP contribution in [-0.2, 0) is 16.1 Å². The summed E-state index contributed by atoms with van der Waals surface area (Å²) in [4.78, 5) is 43.1. The van der Waals surface area contributed by atoms with Crippen LogP contribution in [-0.4, -0.2) is 63.4 Å². The lowest BCUT2D eigenvalue weighted by Crippen LogP contribution is -2.44. The van der Waals surface area contributed by atoms with Gasteiger partial charge in [-0.25, -0.2) is 4.79 Å². The lowest BCUT2D eigenvalue weighted by Gasteiger charge is -2.33. The fraction of sp³-hybridized carbons (Fsp3) is 0.457. The average Bonchev–Trinajstić information content (AvgIpc) is 3.64. The summed E-state index contributed by atoms with van der Waals surface area (Å²) in [5.74, 6) is -0.261. The Hall–Kier alpha value is -3.87. The highest BCUT2D eigenvalue weighted by Crippen LogP contribution is 2.46. The van der Waals surface area contributed by atoms with Crippen LogP contribution in [0.5, 0.6) is 0 Å². The van der Waals surface area contributed by atoms with E-state index in [0.29, 0.717) is 44.0 Å². The van der Waals surface area contributed by atoms with E-state index in [1.165, 1.54) is 24.8 Å². The molecule has 7 rings (SSSR count). The van der Waals surface area contributed by atoms with E-state index >= 15 is 0 Å². The Morgan fingerprint density at radius 3 is 2.26 bits per heavy atom. The summed E-state index contributed by atoms with van der Waals surface area (Å²) >= 11 is 0. The molecule has 42 heavy (non-hydrogen) atoms. The Morgan fingerprint density at radius 2 is 1.52 bits per heavy atom. The SMILES string of the molecule is O=C(O)c1ccc2c(C3CCCCC3)c3n(c2c1)CC(C(=O)N1CCC(C(=O)N2CCCC2)CC1)=Cc1ccccc1-3. The quantitative estimate of drug-likeness (QED) is 0.402. The molecule has 1 aromatic heterocycles. The maximum atomic E-state index is 14.1. The third-order valence-electron chi connectivity index (χ3n) is 10.1. The molecule has 7 nitrogen and oxygen atoms in total. The van der Waals surface area contributed by atoms with Gasteiger partial charge in [0.05, 0.1) is 17.8 Å². The van der Waals surface area contributed by atoms with Crippen molar-refractivity contribution in [1.29, 1.82) is 0 Å². The maximum absolute atomic E-state index is 14.1. The normalized spacial score (nSPS) is 19.8. The number of piperidine rings is 1. The van der Waals surface area contributed by atoms with Crippen LogP contribution in [0, 0.1) is 5.92 Å². The second-order valence-corrected chi connectivity index (χ2v) is 12.6. The molecule has 0 unspecified atom stereocenters. The molecule has 0 radical (unpaired) electrons. The molecule has 3 aromatic rings. The smallest absolute Gasteiger partial charge is 0.335 e. The lowest BCUT2D eigenvalue weighted by atomic mass is 9.81. The van der Waals surface area contributed by atoms with Crippen LogP contribution in [0.15, 0.2) is 48.0 Å². The molecule has 2 aromatic carbocycles. The van der Waals surface area contributed by atoms with E-state index in [1.54, 1.807) is 12.1 Å². The van der Waals surface area contributed by atoms with E-state index in [0.717, 1.165) is 66.5 Å². The number of carbonyl (C=O) groups excluding carboxylic acids is 2. The van der Waals surface area contributed by atoms with Crippen molar-refractivity contribution in [3.63, 3.8) is 0 Å². The summed E-state index contributed by atoms with van der Waals surface area (Å²) in [6, 6.07) is 13.8. The molecule has 0 bridgehead atoms. The van der Waals surface area contributed by atoms with Crippen molar-refractivity contribution < 1.29 is 19.5 Å². The van der Waals surface area contributed by atoms with E-state index in [-0.39, 0.29) is 23.3 Å². The summed E-state index contributed by atoms with van der Waals surface area (Å²) in [7, 11) is 0. The van der Waals surface area contributed by atoms with E-state index in [1.807, 2.05) is 28.0 Å². The Kier molecular flexibility index (Phi) is 7.12. The van der Waals surface area contributed by atoms with Crippen LogP contribution < -0.4 is 0 Å². The molecule has 0 spiro atoms. The van der Waals surface area contributed by atoms with Gasteiger partial charge in [0.15, 0.2) is 0 Å². The highest BCUT2D eigenvalue weighted by Gasteiger charge is 2.34.